The fourth-order valence-corrected chi connectivity index (χ4v) is 3.59. The van der Waals surface area contributed by atoms with E-state index in [0.717, 1.165) is 0 Å². The van der Waals surface area contributed by atoms with E-state index in [-0.39, 0.29) is 17.4 Å². The molecule has 0 aliphatic rings. The van der Waals surface area contributed by atoms with E-state index in [9.17, 15) is 14.4 Å². The van der Waals surface area contributed by atoms with Gasteiger partial charge in [0.1, 0.15) is 5.69 Å². The molecule has 2 heterocycles. The quantitative estimate of drug-likeness (QED) is 0.632. The fourth-order valence-electron chi connectivity index (χ4n) is 2.91. The van der Waals surface area contributed by atoms with Crippen molar-refractivity contribution < 1.29 is 19.1 Å². The van der Waals surface area contributed by atoms with Crippen LogP contribution in [0.5, 0.6) is 0 Å². The molecule has 25 heavy (non-hydrogen) atoms. The Morgan fingerprint density at radius 2 is 2.00 bits per heavy atom. The Balaban J connectivity index is 2.34. The summed E-state index contributed by atoms with van der Waals surface area (Å²) in [6.45, 7) is 7.40. The van der Waals surface area contributed by atoms with Crippen LogP contribution in [-0.2, 0) is 4.74 Å². The normalized spacial score (nSPS) is 11.9. The highest BCUT2D eigenvalue weighted by atomic mass is 32.1. The van der Waals surface area contributed by atoms with Crippen LogP contribution in [0.25, 0.3) is 0 Å². The smallest absolute Gasteiger partial charge is 0.354 e. The van der Waals surface area contributed by atoms with E-state index in [1.165, 1.54) is 23.3 Å². The number of methoxy groups -OCH3 is 1. The second kappa shape index (κ2) is 7.65. The first kappa shape index (κ1) is 18.9. The van der Waals surface area contributed by atoms with Crippen LogP contribution in [0, 0.1) is 13.8 Å². The number of H-pyrrole nitrogens is 1. The first-order valence-corrected chi connectivity index (χ1v) is 8.87. The van der Waals surface area contributed by atoms with Gasteiger partial charge in [0.15, 0.2) is 5.78 Å². The lowest BCUT2D eigenvalue weighted by Crippen LogP contribution is -2.43. The zero-order valence-electron chi connectivity index (χ0n) is 15.0. The molecular formula is C18H22N2O4S. The van der Waals surface area contributed by atoms with Gasteiger partial charge in [0, 0.05) is 17.8 Å². The lowest BCUT2D eigenvalue weighted by molar-refractivity contribution is 0.0593. The number of Topliss-reactive ketones (excluding diaryl/α,β-unsaturated/α-hetero) is 1. The van der Waals surface area contributed by atoms with Crippen LogP contribution in [0.3, 0.4) is 0 Å². The first-order valence-electron chi connectivity index (χ1n) is 7.99. The van der Waals surface area contributed by atoms with Gasteiger partial charge in [-0.05, 0) is 44.7 Å². The molecule has 6 nitrogen and oxygen atoms in total. The molecule has 2 aromatic rings. The van der Waals surface area contributed by atoms with Gasteiger partial charge < -0.3 is 14.6 Å². The third-order valence-electron chi connectivity index (χ3n) is 4.25. The molecule has 0 saturated carbocycles. The van der Waals surface area contributed by atoms with Crippen molar-refractivity contribution in [1.29, 1.82) is 0 Å². The predicted octanol–water partition coefficient (Wildman–Crippen LogP) is 3.21. The standard InChI is InChI=1S/C18H22N2O4S/c1-6-20(17(22)13-8-7-9-25-13)12(4)16(21)14-10(2)15(18(23)24-5)19-11(14)3/h7-9,12,19H,6H2,1-5H3. The molecule has 134 valence electrons. The molecule has 0 radical (unpaired) electrons. The van der Waals surface area contributed by atoms with Crippen LogP contribution in [0.2, 0.25) is 0 Å². The number of aromatic amines is 1. The van der Waals surface area contributed by atoms with E-state index in [0.29, 0.717) is 28.2 Å². The van der Waals surface area contributed by atoms with E-state index in [1.807, 2.05) is 12.3 Å². The monoisotopic (exact) mass is 362 g/mol. The number of ether oxygens (including phenoxy) is 1. The van der Waals surface area contributed by atoms with E-state index in [2.05, 4.69) is 4.98 Å². The number of esters is 1. The van der Waals surface area contributed by atoms with Gasteiger partial charge in [0.05, 0.1) is 18.0 Å². The summed E-state index contributed by atoms with van der Waals surface area (Å²) in [5, 5.41) is 1.83. The lowest BCUT2D eigenvalue weighted by atomic mass is 9.99. The van der Waals surface area contributed by atoms with Crippen molar-refractivity contribution in [2.24, 2.45) is 0 Å². The Labute approximate surface area is 150 Å². The van der Waals surface area contributed by atoms with Gasteiger partial charge in [-0.15, -0.1) is 11.3 Å². The molecule has 1 unspecified atom stereocenters. The first-order chi connectivity index (χ1) is 11.8. The minimum absolute atomic E-state index is 0.169. The number of carbonyl (C=O) groups is 3. The average Bonchev–Trinajstić information content (AvgIpc) is 3.22. The van der Waals surface area contributed by atoms with Crippen LogP contribution in [0.1, 0.15) is 55.6 Å². The van der Waals surface area contributed by atoms with Crippen LogP contribution in [-0.4, -0.2) is 47.2 Å². The molecule has 0 aliphatic heterocycles. The van der Waals surface area contributed by atoms with Gasteiger partial charge in [-0.1, -0.05) is 6.07 Å². The summed E-state index contributed by atoms with van der Waals surface area (Å²) in [6, 6.07) is 2.91. The Morgan fingerprint density at radius 1 is 1.32 bits per heavy atom. The number of aromatic nitrogens is 1. The topological polar surface area (TPSA) is 79.5 Å². The maximum absolute atomic E-state index is 13.0. The number of nitrogens with one attached hydrogen (secondary N) is 1. The van der Waals surface area contributed by atoms with Crippen molar-refractivity contribution in [3.05, 3.63) is 44.9 Å². The Morgan fingerprint density at radius 3 is 2.52 bits per heavy atom. The second-order valence-corrected chi connectivity index (χ2v) is 6.67. The number of carbonyl (C=O) groups excluding carboxylic acids is 3. The highest BCUT2D eigenvalue weighted by molar-refractivity contribution is 7.12. The molecule has 0 aromatic carbocycles. The van der Waals surface area contributed by atoms with Crippen LogP contribution < -0.4 is 0 Å². The second-order valence-electron chi connectivity index (χ2n) is 5.73. The molecule has 0 spiro atoms. The molecule has 7 heteroatoms. The van der Waals surface area contributed by atoms with Crippen molar-refractivity contribution in [3.63, 3.8) is 0 Å². The van der Waals surface area contributed by atoms with Crippen molar-refractivity contribution in [2.75, 3.05) is 13.7 Å². The van der Waals surface area contributed by atoms with Gasteiger partial charge in [-0.3, -0.25) is 9.59 Å². The summed E-state index contributed by atoms with van der Waals surface area (Å²) in [4.78, 5) is 42.5. The fraction of sp³-hybridized carbons (Fsp3) is 0.389. The largest absolute Gasteiger partial charge is 0.464 e. The van der Waals surface area contributed by atoms with E-state index < -0.39 is 12.0 Å². The number of hydrogen-bond acceptors (Lipinski definition) is 5. The Hall–Kier alpha value is -2.41. The number of likely N-dealkylation sites (N-methyl/N-ethyl adjacent to an activating group) is 1. The third kappa shape index (κ3) is 3.51. The van der Waals surface area contributed by atoms with E-state index in [4.69, 9.17) is 4.74 Å². The molecule has 0 saturated heterocycles. The summed E-state index contributed by atoms with van der Waals surface area (Å²) in [5.41, 5.74) is 1.84. The number of rotatable bonds is 6. The minimum Gasteiger partial charge on any atom is -0.464 e. The van der Waals surface area contributed by atoms with Crippen molar-refractivity contribution >= 4 is 29.0 Å². The number of hydrogen-bond donors (Lipinski definition) is 1. The molecule has 0 aliphatic carbocycles. The number of ketones is 1. The van der Waals surface area contributed by atoms with Gasteiger partial charge in [-0.2, -0.15) is 0 Å². The number of thiophene rings is 1. The third-order valence-corrected chi connectivity index (χ3v) is 5.11. The van der Waals surface area contributed by atoms with Crippen molar-refractivity contribution in [2.45, 2.75) is 33.7 Å². The number of amides is 1. The van der Waals surface area contributed by atoms with Crippen molar-refractivity contribution in [3.8, 4) is 0 Å². The number of nitrogens with zero attached hydrogens (tertiary/aromatic N) is 1. The molecule has 0 fully saturated rings. The van der Waals surface area contributed by atoms with Crippen LogP contribution in [0.4, 0.5) is 0 Å². The molecule has 1 atom stereocenters. The minimum atomic E-state index is -0.640. The zero-order valence-corrected chi connectivity index (χ0v) is 15.8. The molecule has 1 amide bonds. The summed E-state index contributed by atoms with van der Waals surface area (Å²) < 4.78 is 4.74. The highest BCUT2D eigenvalue weighted by Gasteiger charge is 2.31. The van der Waals surface area contributed by atoms with Gasteiger partial charge in [0.25, 0.3) is 5.91 Å². The van der Waals surface area contributed by atoms with E-state index >= 15 is 0 Å². The van der Waals surface area contributed by atoms with Gasteiger partial charge >= 0.3 is 5.97 Å². The SMILES string of the molecule is CCN(C(=O)c1cccs1)C(C)C(=O)c1c(C)[nH]c(C(=O)OC)c1C. The summed E-state index contributed by atoms with van der Waals surface area (Å²) in [5.74, 6) is -0.889. The molecule has 1 N–H and O–H groups in total. The molecule has 2 rings (SSSR count). The maximum Gasteiger partial charge on any atom is 0.354 e. The predicted molar refractivity (Wildman–Crippen MR) is 96.4 cm³/mol. The van der Waals surface area contributed by atoms with E-state index in [1.54, 1.807) is 32.9 Å². The van der Waals surface area contributed by atoms with Crippen LogP contribution in [0.15, 0.2) is 17.5 Å². The highest BCUT2D eigenvalue weighted by Crippen LogP contribution is 2.23. The number of aryl methyl sites for hydroxylation is 1. The summed E-state index contributed by atoms with van der Waals surface area (Å²) >= 11 is 1.35. The van der Waals surface area contributed by atoms with Gasteiger partial charge in [-0.25, -0.2) is 4.79 Å². The lowest BCUT2D eigenvalue weighted by Gasteiger charge is -2.27. The van der Waals surface area contributed by atoms with Crippen LogP contribution >= 0.6 is 11.3 Å². The molecular weight excluding hydrogens is 340 g/mol. The maximum atomic E-state index is 13.0. The Bertz CT molecular complexity index is 792. The molecule has 0 bridgehead atoms. The molecule has 2 aromatic heterocycles. The summed E-state index contributed by atoms with van der Waals surface area (Å²) in [6.07, 6.45) is 0. The zero-order chi connectivity index (χ0) is 18.7. The average molecular weight is 362 g/mol. The van der Waals surface area contributed by atoms with Crippen molar-refractivity contribution in [1.82, 2.24) is 9.88 Å². The van der Waals surface area contributed by atoms with Gasteiger partial charge in [0.2, 0.25) is 0 Å². The summed E-state index contributed by atoms with van der Waals surface area (Å²) in [7, 11) is 1.29. The Kier molecular flexibility index (Phi) is 5.79.